The van der Waals surface area contributed by atoms with Gasteiger partial charge >= 0.3 is 5.97 Å². The summed E-state index contributed by atoms with van der Waals surface area (Å²) in [5.41, 5.74) is 0.171. The van der Waals surface area contributed by atoms with E-state index in [-0.39, 0.29) is 17.2 Å². The SMILES string of the molecule is COC(=O)c1cc(F)ccc1NC(=O)c1ccc(Br)s1. The van der Waals surface area contributed by atoms with Gasteiger partial charge in [-0.1, -0.05) is 0 Å². The summed E-state index contributed by atoms with van der Waals surface area (Å²) in [5, 5.41) is 2.57. The van der Waals surface area contributed by atoms with Crippen molar-refractivity contribution in [1.29, 1.82) is 0 Å². The van der Waals surface area contributed by atoms with Crippen LogP contribution in [0.5, 0.6) is 0 Å². The van der Waals surface area contributed by atoms with Gasteiger partial charge in [-0.05, 0) is 46.3 Å². The average Bonchev–Trinajstić information content (AvgIpc) is 2.86. The van der Waals surface area contributed by atoms with E-state index in [9.17, 15) is 14.0 Å². The summed E-state index contributed by atoms with van der Waals surface area (Å²) in [5.74, 6) is -1.67. The van der Waals surface area contributed by atoms with Gasteiger partial charge in [0, 0.05) is 0 Å². The molecule has 1 N–H and O–H groups in total. The largest absolute Gasteiger partial charge is 0.465 e. The van der Waals surface area contributed by atoms with E-state index in [1.165, 1.54) is 24.5 Å². The molecule has 7 heteroatoms. The Kier molecular flexibility index (Phi) is 4.51. The van der Waals surface area contributed by atoms with Crippen molar-refractivity contribution in [3.63, 3.8) is 0 Å². The molecular formula is C13H9BrFNO3S. The van der Waals surface area contributed by atoms with Gasteiger partial charge in [0.1, 0.15) is 5.82 Å². The maximum atomic E-state index is 13.2. The molecule has 0 radical (unpaired) electrons. The minimum atomic E-state index is -0.716. The van der Waals surface area contributed by atoms with Gasteiger partial charge in [0.15, 0.2) is 0 Å². The summed E-state index contributed by atoms with van der Waals surface area (Å²) in [6.07, 6.45) is 0. The molecule has 1 amide bonds. The number of amides is 1. The zero-order valence-electron chi connectivity index (χ0n) is 10.3. The van der Waals surface area contributed by atoms with Crippen molar-refractivity contribution in [2.45, 2.75) is 0 Å². The first kappa shape index (κ1) is 14.7. The van der Waals surface area contributed by atoms with E-state index in [1.807, 2.05) is 0 Å². The van der Waals surface area contributed by atoms with Crippen LogP contribution < -0.4 is 5.32 Å². The van der Waals surface area contributed by atoms with E-state index >= 15 is 0 Å². The van der Waals surface area contributed by atoms with E-state index in [2.05, 4.69) is 26.0 Å². The highest BCUT2D eigenvalue weighted by atomic mass is 79.9. The molecule has 2 aromatic rings. The van der Waals surface area contributed by atoms with Gasteiger partial charge < -0.3 is 10.1 Å². The quantitative estimate of drug-likeness (QED) is 0.852. The molecule has 4 nitrogen and oxygen atoms in total. The third kappa shape index (κ3) is 3.23. The second-order valence-electron chi connectivity index (χ2n) is 3.74. The summed E-state index contributed by atoms with van der Waals surface area (Å²) < 4.78 is 18.6. The Morgan fingerprint density at radius 1 is 1.30 bits per heavy atom. The van der Waals surface area contributed by atoms with Crippen molar-refractivity contribution in [1.82, 2.24) is 0 Å². The van der Waals surface area contributed by atoms with Crippen LogP contribution in [-0.4, -0.2) is 19.0 Å². The van der Waals surface area contributed by atoms with Crippen LogP contribution in [0.3, 0.4) is 0 Å². The van der Waals surface area contributed by atoms with Crippen molar-refractivity contribution >= 4 is 44.8 Å². The predicted octanol–water partition coefficient (Wildman–Crippen LogP) is 3.69. The number of carbonyl (C=O) groups is 2. The van der Waals surface area contributed by atoms with Crippen molar-refractivity contribution in [2.75, 3.05) is 12.4 Å². The second kappa shape index (κ2) is 6.15. The van der Waals surface area contributed by atoms with Gasteiger partial charge in [-0.25, -0.2) is 9.18 Å². The standard InChI is InChI=1S/C13H9BrFNO3S/c1-19-13(18)8-6-7(15)2-3-9(8)16-12(17)10-4-5-11(14)20-10/h2-6H,1H3,(H,16,17). The topological polar surface area (TPSA) is 55.4 Å². The predicted molar refractivity (Wildman–Crippen MR) is 77.7 cm³/mol. The average molecular weight is 358 g/mol. The van der Waals surface area contributed by atoms with E-state index in [0.717, 1.165) is 15.9 Å². The number of hydrogen-bond acceptors (Lipinski definition) is 4. The minimum absolute atomic E-state index is 0.0310. The number of anilines is 1. The molecule has 0 aliphatic carbocycles. The summed E-state index contributed by atoms with van der Waals surface area (Å²) in [7, 11) is 1.19. The molecule has 0 saturated carbocycles. The molecule has 1 aromatic carbocycles. The fourth-order valence-corrected chi connectivity index (χ4v) is 2.81. The fourth-order valence-electron chi connectivity index (χ4n) is 1.52. The Bertz CT molecular complexity index is 671. The lowest BCUT2D eigenvalue weighted by atomic mass is 10.1. The molecule has 104 valence electrons. The number of esters is 1. The van der Waals surface area contributed by atoms with Gasteiger partial charge in [0.2, 0.25) is 0 Å². The number of hydrogen-bond donors (Lipinski definition) is 1. The van der Waals surface area contributed by atoms with Crippen LogP contribution >= 0.6 is 27.3 Å². The lowest BCUT2D eigenvalue weighted by Gasteiger charge is -2.09. The maximum absolute atomic E-state index is 13.2. The van der Waals surface area contributed by atoms with Gasteiger partial charge in [-0.2, -0.15) is 0 Å². The molecular weight excluding hydrogens is 349 g/mol. The van der Waals surface area contributed by atoms with Crippen molar-refractivity contribution < 1.29 is 18.7 Å². The summed E-state index contributed by atoms with van der Waals surface area (Å²) >= 11 is 4.51. The van der Waals surface area contributed by atoms with Crippen molar-refractivity contribution in [3.8, 4) is 0 Å². The van der Waals surface area contributed by atoms with Crippen LogP contribution in [0.2, 0.25) is 0 Å². The molecule has 0 spiro atoms. The number of ether oxygens (including phenoxy) is 1. The number of benzene rings is 1. The van der Waals surface area contributed by atoms with Crippen LogP contribution in [0.25, 0.3) is 0 Å². The maximum Gasteiger partial charge on any atom is 0.340 e. The van der Waals surface area contributed by atoms with Gasteiger partial charge in [0.25, 0.3) is 5.91 Å². The molecule has 0 bridgehead atoms. The molecule has 0 atom stereocenters. The molecule has 0 unspecified atom stereocenters. The van der Waals surface area contributed by atoms with E-state index < -0.39 is 11.8 Å². The monoisotopic (exact) mass is 357 g/mol. The zero-order valence-corrected chi connectivity index (χ0v) is 12.7. The van der Waals surface area contributed by atoms with Crippen LogP contribution in [0.4, 0.5) is 10.1 Å². The van der Waals surface area contributed by atoms with E-state index in [4.69, 9.17) is 0 Å². The van der Waals surface area contributed by atoms with Gasteiger partial charge in [-0.3, -0.25) is 4.79 Å². The molecule has 0 aliphatic rings. The lowest BCUT2D eigenvalue weighted by molar-refractivity contribution is 0.0601. The molecule has 1 aromatic heterocycles. The lowest BCUT2D eigenvalue weighted by Crippen LogP contribution is -2.14. The van der Waals surface area contributed by atoms with Crippen LogP contribution in [0, 0.1) is 5.82 Å². The first-order valence-electron chi connectivity index (χ1n) is 5.46. The Hall–Kier alpha value is -1.73. The fraction of sp³-hybridized carbons (Fsp3) is 0.0769. The van der Waals surface area contributed by atoms with E-state index in [0.29, 0.717) is 4.88 Å². The first-order valence-corrected chi connectivity index (χ1v) is 7.07. The smallest absolute Gasteiger partial charge is 0.340 e. The summed E-state index contributed by atoms with van der Waals surface area (Å²) in [6, 6.07) is 6.89. The third-order valence-electron chi connectivity index (χ3n) is 2.43. The Morgan fingerprint density at radius 3 is 2.65 bits per heavy atom. The van der Waals surface area contributed by atoms with Gasteiger partial charge in [0.05, 0.1) is 27.0 Å². The molecule has 0 saturated heterocycles. The van der Waals surface area contributed by atoms with Crippen LogP contribution in [0.15, 0.2) is 34.1 Å². The van der Waals surface area contributed by atoms with Crippen LogP contribution in [-0.2, 0) is 4.74 Å². The Balaban J connectivity index is 2.29. The third-order valence-corrected chi connectivity index (χ3v) is 4.05. The molecule has 1 heterocycles. The number of halogens is 2. The minimum Gasteiger partial charge on any atom is -0.465 e. The highest BCUT2D eigenvalue weighted by Crippen LogP contribution is 2.24. The number of nitrogens with one attached hydrogen (secondary N) is 1. The highest BCUT2D eigenvalue weighted by Gasteiger charge is 2.16. The Labute approximate surface area is 126 Å². The Morgan fingerprint density at radius 2 is 2.05 bits per heavy atom. The normalized spacial score (nSPS) is 10.2. The second-order valence-corrected chi connectivity index (χ2v) is 6.20. The van der Waals surface area contributed by atoms with Crippen molar-refractivity contribution in [3.05, 3.63) is 50.4 Å². The molecule has 0 fully saturated rings. The van der Waals surface area contributed by atoms with Crippen molar-refractivity contribution in [2.24, 2.45) is 0 Å². The van der Waals surface area contributed by atoms with Gasteiger partial charge in [-0.15, -0.1) is 11.3 Å². The zero-order chi connectivity index (χ0) is 14.7. The highest BCUT2D eigenvalue weighted by molar-refractivity contribution is 9.11. The van der Waals surface area contributed by atoms with E-state index in [1.54, 1.807) is 12.1 Å². The number of methoxy groups -OCH3 is 1. The summed E-state index contributed by atoms with van der Waals surface area (Å²) in [6.45, 7) is 0. The first-order chi connectivity index (χ1) is 9.51. The molecule has 2 rings (SSSR count). The molecule has 20 heavy (non-hydrogen) atoms. The molecule has 0 aliphatic heterocycles. The number of rotatable bonds is 3. The number of thiophene rings is 1. The number of carbonyl (C=O) groups excluding carboxylic acids is 2. The van der Waals surface area contributed by atoms with Crippen LogP contribution in [0.1, 0.15) is 20.0 Å². The summed E-state index contributed by atoms with van der Waals surface area (Å²) in [4.78, 5) is 24.0.